The average molecular weight is 228 g/mol. The Labute approximate surface area is 89.6 Å². The van der Waals surface area contributed by atoms with Crippen LogP contribution in [0.1, 0.15) is 22.3 Å². The van der Waals surface area contributed by atoms with Crippen molar-refractivity contribution in [3.63, 3.8) is 0 Å². The van der Waals surface area contributed by atoms with Crippen LogP contribution in [0, 0.1) is 6.92 Å². The lowest BCUT2D eigenvalue weighted by Gasteiger charge is -1.95. The molecule has 4 N–H and O–H groups in total. The van der Waals surface area contributed by atoms with E-state index in [0.29, 0.717) is 16.6 Å². The molecule has 0 amide bonds. The van der Waals surface area contributed by atoms with Crippen LogP contribution in [0.2, 0.25) is 0 Å². The minimum Gasteiger partial charge on any atom is -0.540 e. The van der Waals surface area contributed by atoms with Gasteiger partial charge in [0.2, 0.25) is 4.88 Å². The number of thiazole rings is 1. The highest BCUT2D eigenvalue weighted by Gasteiger charge is 2.25. The highest BCUT2D eigenvalue weighted by atomic mass is 32.2. The van der Waals surface area contributed by atoms with Crippen molar-refractivity contribution in [3.8, 4) is 0 Å². The van der Waals surface area contributed by atoms with E-state index in [4.69, 9.17) is 11.5 Å². The largest absolute Gasteiger partial charge is 0.540 e. The molecule has 7 heteroatoms. The number of aromatic carboxylic acids is 1. The number of aryl methyl sites for hydroxylation is 1. The fourth-order valence-electron chi connectivity index (χ4n) is 1.23. The number of carboxylic acids is 1. The molecule has 1 unspecified atom stereocenters. The minimum atomic E-state index is -1.21. The number of hydrogen-bond donors (Lipinski definition) is 2. The van der Waals surface area contributed by atoms with E-state index in [2.05, 4.69) is 9.98 Å². The summed E-state index contributed by atoms with van der Waals surface area (Å²) in [6, 6.07) is 0. The van der Waals surface area contributed by atoms with Gasteiger partial charge in [0.05, 0.1) is 0 Å². The lowest BCUT2D eigenvalue weighted by Crippen LogP contribution is -2.22. The van der Waals surface area contributed by atoms with Crippen molar-refractivity contribution in [2.75, 3.05) is 0 Å². The van der Waals surface area contributed by atoms with Gasteiger partial charge in [-0.2, -0.15) is 4.98 Å². The SMILES string of the molecule is CC[s+]1c(N=C(N)N)nc(C)c1C(=O)[O-]. The second-order valence-corrected chi connectivity index (χ2v) is 4.94. The number of carbonyl (C=O) groups excluding carboxylic acids is 1. The summed E-state index contributed by atoms with van der Waals surface area (Å²) in [7, 11) is -0.671. The Morgan fingerprint density at radius 3 is 2.60 bits per heavy atom. The Kier molecular flexibility index (Phi) is 3.25. The highest BCUT2D eigenvalue weighted by molar-refractivity contribution is 7.35. The zero-order chi connectivity index (χ0) is 11.6. The van der Waals surface area contributed by atoms with Crippen molar-refractivity contribution in [1.82, 2.24) is 4.98 Å². The Morgan fingerprint density at radius 2 is 2.20 bits per heavy atom. The molecule has 0 aliphatic heterocycles. The van der Waals surface area contributed by atoms with Gasteiger partial charge in [0.15, 0.2) is 5.96 Å². The summed E-state index contributed by atoms with van der Waals surface area (Å²) >= 11 is 0. The Morgan fingerprint density at radius 1 is 1.60 bits per heavy atom. The predicted molar refractivity (Wildman–Crippen MR) is 56.9 cm³/mol. The monoisotopic (exact) mass is 228 g/mol. The van der Waals surface area contributed by atoms with Crippen LogP contribution < -0.4 is 16.6 Å². The van der Waals surface area contributed by atoms with Crippen molar-refractivity contribution in [3.05, 3.63) is 10.6 Å². The van der Waals surface area contributed by atoms with Crippen LogP contribution in [-0.4, -0.2) is 16.9 Å². The quantitative estimate of drug-likeness (QED) is 0.408. The zero-order valence-corrected chi connectivity index (χ0v) is 9.30. The molecule has 0 fully saturated rings. The van der Waals surface area contributed by atoms with E-state index in [-0.39, 0.29) is 10.8 Å². The van der Waals surface area contributed by atoms with E-state index >= 15 is 0 Å². The van der Waals surface area contributed by atoms with Gasteiger partial charge in [0, 0.05) is 10.5 Å². The van der Waals surface area contributed by atoms with E-state index in [0.717, 1.165) is 0 Å². The molecule has 1 aromatic rings. The van der Waals surface area contributed by atoms with Gasteiger partial charge in [-0.25, -0.2) is 0 Å². The second-order valence-electron chi connectivity index (χ2n) is 2.81. The molecule has 1 atom stereocenters. The molecular weight excluding hydrogens is 216 g/mol. The van der Waals surface area contributed by atoms with Gasteiger partial charge >= 0.3 is 5.13 Å². The molecule has 0 bridgehead atoms. The van der Waals surface area contributed by atoms with Gasteiger partial charge in [-0.15, -0.1) is 4.99 Å². The van der Waals surface area contributed by atoms with Crippen LogP contribution in [-0.2, 0) is 5.75 Å². The minimum absolute atomic E-state index is 0.118. The predicted octanol–water partition coefficient (Wildman–Crippen LogP) is -0.573. The molecule has 6 nitrogen and oxygen atoms in total. The van der Waals surface area contributed by atoms with Crippen molar-refractivity contribution in [1.29, 1.82) is 0 Å². The highest BCUT2D eigenvalue weighted by Crippen LogP contribution is 2.37. The van der Waals surface area contributed by atoms with Gasteiger partial charge in [-0.05, 0) is 13.8 Å². The Balaban J connectivity index is 3.37. The first-order chi connectivity index (χ1) is 6.97. The molecule has 0 aromatic carbocycles. The van der Waals surface area contributed by atoms with E-state index in [1.165, 1.54) is 0 Å². The van der Waals surface area contributed by atoms with Crippen LogP contribution in [0.3, 0.4) is 0 Å². The zero-order valence-electron chi connectivity index (χ0n) is 8.48. The molecule has 0 radical (unpaired) electrons. The number of carboxylic acid groups (broad SMARTS) is 1. The third kappa shape index (κ3) is 2.24. The Bertz CT molecular complexity index is 421. The summed E-state index contributed by atoms with van der Waals surface area (Å²) in [6.45, 7) is 3.46. The van der Waals surface area contributed by atoms with E-state index < -0.39 is 16.4 Å². The van der Waals surface area contributed by atoms with Crippen LogP contribution in [0.15, 0.2) is 4.99 Å². The van der Waals surface area contributed by atoms with E-state index in [1.54, 1.807) is 6.92 Å². The number of aliphatic imine (C=N–C) groups is 1. The first-order valence-electron chi connectivity index (χ1n) is 4.28. The van der Waals surface area contributed by atoms with E-state index in [9.17, 15) is 9.90 Å². The van der Waals surface area contributed by atoms with Gasteiger partial charge in [-0.3, -0.25) is 0 Å². The first kappa shape index (κ1) is 11.4. The number of nitrogens with two attached hydrogens (primary N) is 2. The second kappa shape index (κ2) is 4.26. The maximum atomic E-state index is 10.9. The number of guanidine groups is 1. The van der Waals surface area contributed by atoms with Gasteiger partial charge in [0.1, 0.15) is 17.4 Å². The summed E-state index contributed by atoms with van der Waals surface area (Å²) in [4.78, 5) is 18.9. The summed E-state index contributed by atoms with van der Waals surface area (Å²) in [5.41, 5.74) is 10.9. The molecule has 0 saturated heterocycles. The molecule has 0 saturated carbocycles. The lowest BCUT2D eigenvalue weighted by molar-refractivity contribution is -0.254. The van der Waals surface area contributed by atoms with Gasteiger partial charge < -0.3 is 21.4 Å². The van der Waals surface area contributed by atoms with Crippen LogP contribution in [0.5, 0.6) is 0 Å². The average Bonchev–Trinajstić information content (AvgIpc) is 2.40. The van der Waals surface area contributed by atoms with Crippen molar-refractivity contribution >= 4 is 27.5 Å². The number of nitrogens with zero attached hydrogens (tertiary/aromatic N) is 2. The third-order valence-electron chi connectivity index (χ3n) is 1.76. The fourth-order valence-corrected chi connectivity index (χ4v) is 3.03. The lowest BCUT2D eigenvalue weighted by atomic mass is 10.4. The van der Waals surface area contributed by atoms with Gasteiger partial charge in [-0.1, -0.05) is 0 Å². The fraction of sp³-hybridized carbons (Fsp3) is 0.375. The number of aromatic nitrogens is 1. The van der Waals surface area contributed by atoms with Crippen molar-refractivity contribution < 1.29 is 9.90 Å². The molecule has 1 heterocycles. The molecule has 82 valence electrons. The normalized spacial score (nSPS) is 11.2. The molecule has 1 rings (SSSR count). The van der Waals surface area contributed by atoms with Crippen molar-refractivity contribution in [2.45, 2.75) is 19.6 Å². The first-order valence-corrected chi connectivity index (χ1v) is 5.68. The van der Waals surface area contributed by atoms with Crippen LogP contribution in [0.4, 0.5) is 5.13 Å². The molecule has 15 heavy (non-hydrogen) atoms. The maximum absolute atomic E-state index is 10.9. The summed E-state index contributed by atoms with van der Waals surface area (Å²) < 4.78 is 0. The topological polar surface area (TPSA) is 117 Å². The number of hydrogen-bond acceptors (Lipinski definition) is 4. The third-order valence-corrected chi connectivity index (χ3v) is 3.91. The smallest absolute Gasteiger partial charge is 0.370 e. The standard InChI is InChI=1S/C8H12N4O2S/c1-3-15-5(6(13)14)4(2)11-8(15)12-7(9)10/h3H2,1-2H3,(H4-,9,10,11,12,13,14). The molecule has 1 aromatic heterocycles. The molecule has 0 aliphatic rings. The number of rotatable bonds is 3. The summed E-state index contributed by atoms with van der Waals surface area (Å²) in [5, 5.41) is 11.2. The van der Waals surface area contributed by atoms with Crippen molar-refractivity contribution in [2.24, 2.45) is 16.5 Å². The number of carbonyl (C=O) groups is 1. The van der Waals surface area contributed by atoms with Crippen LogP contribution >= 0.6 is 10.5 Å². The Hall–Kier alpha value is -1.63. The summed E-state index contributed by atoms with van der Waals surface area (Å²) in [6.07, 6.45) is 0. The maximum Gasteiger partial charge on any atom is 0.370 e. The summed E-state index contributed by atoms with van der Waals surface area (Å²) in [5.74, 6) is -0.731. The van der Waals surface area contributed by atoms with Gasteiger partial charge in [0.25, 0.3) is 0 Å². The van der Waals surface area contributed by atoms with Crippen LogP contribution in [0.25, 0.3) is 0 Å². The van der Waals surface area contributed by atoms with E-state index in [1.807, 2.05) is 6.92 Å². The molecular formula is C8H12N4O2S. The molecule has 0 aliphatic carbocycles. The molecule has 0 spiro atoms.